The molecule has 26 heavy (non-hydrogen) atoms. The predicted molar refractivity (Wildman–Crippen MR) is 100 cm³/mol. The molecular formula is C18H27N7O. The molecule has 1 amide bonds. The summed E-state index contributed by atoms with van der Waals surface area (Å²) in [5.74, 6) is 0.953. The largest absolute Gasteiger partial charge is 0.347 e. The average Bonchev–Trinajstić information content (AvgIpc) is 3.18. The minimum Gasteiger partial charge on any atom is -0.347 e. The van der Waals surface area contributed by atoms with Crippen molar-refractivity contribution in [3.05, 3.63) is 35.9 Å². The fourth-order valence-electron chi connectivity index (χ4n) is 3.54. The van der Waals surface area contributed by atoms with E-state index in [1.54, 1.807) is 18.6 Å². The Kier molecular flexibility index (Phi) is 5.51. The fraction of sp³-hybridized carbons (Fsp3) is 0.556. The highest BCUT2D eigenvalue weighted by atomic mass is 16.1. The summed E-state index contributed by atoms with van der Waals surface area (Å²) in [5, 5.41) is 7.49. The van der Waals surface area contributed by atoms with Crippen LogP contribution in [0.15, 0.2) is 24.7 Å². The monoisotopic (exact) mass is 357 g/mol. The lowest BCUT2D eigenvalue weighted by atomic mass is 10.0. The number of carbonyl (C=O) groups is 1. The van der Waals surface area contributed by atoms with Crippen molar-refractivity contribution >= 4 is 11.9 Å². The van der Waals surface area contributed by atoms with Crippen LogP contribution in [0.5, 0.6) is 0 Å². The van der Waals surface area contributed by atoms with Gasteiger partial charge in [0.15, 0.2) is 0 Å². The van der Waals surface area contributed by atoms with Crippen LogP contribution in [0.3, 0.4) is 0 Å². The van der Waals surface area contributed by atoms with Crippen LogP contribution < -0.4 is 10.2 Å². The number of rotatable bonds is 6. The molecule has 2 aromatic heterocycles. The number of nitrogens with one attached hydrogen (secondary N) is 1. The molecule has 1 N–H and O–H groups in total. The summed E-state index contributed by atoms with van der Waals surface area (Å²) in [7, 11) is 4.10. The van der Waals surface area contributed by atoms with Crippen LogP contribution >= 0.6 is 0 Å². The van der Waals surface area contributed by atoms with Crippen molar-refractivity contribution in [2.24, 2.45) is 5.92 Å². The number of aromatic nitrogens is 4. The molecule has 1 aliphatic heterocycles. The van der Waals surface area contributed by atoms with Gasteiger partial charge in [-0.15, -0.1) is 0 Å². The van der Waals surface area contributed by atoms with E-state index in [4.69, 9.17) is 0 Å². The van der Waals surface area contributed by atoms with Gasteiger partial charge in [0.25, 0.3) is 5.91 Å². The zero-order valence-corrected chi connectivity index (χ0v) is 15.9. The van der Waals surface area contributed by atoms with Gasteiger partial charge in [0.1, 0.15) is 0 Å². The molecule has 0 saturated carbocycles. The molecule has 0 aromatic carbocycles. The van der Waals surface area contributed by atoms with Gasteiger partial charge in [0, 0.05) is 50.2 Å². The lowest BCUT2D eigenvalue weighted by molar-refractivity contribution is 0.0927. The fourth-order valence-corrected chi connectivity index (χ4v) is 3.54. The zero-order valence-electron chi connectivity index (χ0n) is 15.9. The molecule has 1 fully saturated rings. The molecule has 140 valence electrons. The summed E-state index contributed by atoms with van der Waals surface area (Å²) in [6, 6.07) is 1.85. The van der Waals surface area contributed by atoms with E-state index in [2.05, 4.69) is 44.3 Å². The highest BCUT2D eigenvalue weighted by Crippen LogP contribution is 2.22. The second kappa shape index (κ2) is 7.82. The van der Waals surface area contributed by atoms with E-state index in [9.17, 15) is 4.79 Å². The maximum Gasteiger partial charge on any atom is 0.255 e. The molecule has 0 unspecified atom stereocenters. The van der Waals surface area contributed by atoms with E-state index < -0.39 is 0 Å². The summed E-state index contributed by atoms with van der Waals surface area (Å²) in [6.45, 7) is 7.12. The first-order valence-electron chi connectivity index (χ1n) is 8.99. The van der Waals surface area contributed by atoms with Crippen molar-refractivity contribution in [1.82, 2.24) is 30.0 Å². The van der Waals surface area contributed by atoms with Crippen LogP contribution in [0.1, 0.15) is 23.0 Å². The molecule has 0 bridgehead atoms. The van der Waals surface area contributed by atoms with Crippen LogP contribution in [0.25, 0.3) is 0 Å². The predicted octanol–water partition coefficient (Wildman–Crippen LogP) is 0.798. The third-order valence-corrected chi connectivity index (χ3v) is 4.84. The number of aryl methyl sites for hydroxylation is 1. The molecule has 2 aromatic rings. The summed E-state index contributed by atoms with van der Waals surface area (Å²) >= 11 is 0. The topological polar surface area (TPSA) is 79.2 Å². The Morgan fingerprint density at radius 3 is 2.65 bits per heavy atom. The normalized spacial score (nSPS) is 20.0. The number of amides is 1. The van der Waals surface area contributed by atoms with Crippen LogP contribution in [0.4, 0.5) is 5.95 Å². The van der Waals surface area contributed by atoms with Crippen molar-refractivity contribution in [1.29, 1.82) is 0 Å². The second-order valence-electron chi connectivity index (χ2n) is 7.02. The Bertz CT molecular complexity index is 743. The van der Waals surface area contributed by atoms with Gasteiger partial charge >= 0.3 is 0 Å². The third-order valence-electron chi connectivity index (χ3n) is 4.84. The van der Waals surface area contributed by atoms with Crippen LogP contribution in [-0.2, 0) is 6.54 Å². The van der Waals surface area contributed by atoms with Crippen molar-refractivity contribution in [2.45, 2.75) is 26.4 Å². The van der Waals surface area contributed by atoms with E-state index in [0.29, 0.717) is 24.0 Å². The lowest BCUT2D eigenvalue weighted by Gasteiger charge is -2.22. The third kappa shape index (κ3) is 3.85. The smallest absolute Gasteiger partial charge is 0.255 e. The molecule has 3 rings (SSSR count). The minimum atomic E-state index is -0.0632. The first-order chi connectivity index (χ1) is 12.5. The Morgan fingerprint density at radius 2 is 2.04 bits per heavy atom. The number of hydrogen-bond donors (Lipinski definition) is 1. The highest BCUT2D eigenvalue weighted by molar-refractivity contribution is 5.95. The second-order valence-corrected chi connectivity index (χ2v) is 7.02. The molecule has 8 heteroatoms. The van der Waals surface area contributed by atoms with Gasteiger partial charge in [-0.1, -0.05) is 0 Å². The van der Waals surface area contributed by atoms with Crippen LogP contribution in [0, 0.1) is 12.8 Å². The van der Waals surface area contributed by atoms with E-state index in [-0.39, 0.29) is 11.9 Å². The van der Waals surface area contributed by atoms with Crippen molar-refractivity contribution < 1.29 is 4.79 Å². The first kappa shape index (κ1) is 18.3. The van der Waals surface area contributed by atoms with Gasteiger partial charge < -0.3 is 15.1 Å². The maximum absolute atomic E-state index is 12.8. The molecule has 0 radical (unpaired) electrons. The summed E-state index contributed by atoms with van der Waals surface area (Å²) in [4.78, 5) is 25.8. The summed E-state index contributed by atoms with van der Waals surface area (Å²) in [5.41, 5.74) is 1.54. The Hall–Kier alpha value is -2.48. The number of carbonyl (C=O) groups excluding carboxylic acids is 1. The maximum atomic E-state index is 12.8. The number of anilines is 1. The average molecular weight is 357 g/mol. The van der Waals surface area contributed by atoms with Gasteiger partial charge in [-0.05, 0) is 34.0 Å². The molecule has 3 heterocycles. The van der Waals surface area contributed by atoms with E-state index in [1.807, 2.05) is 24.6 Å². The Morgan fingerprint density at radius 1 is 1.31 bits per heavy atom. The van der Waals surface area contributed by atoms with Crippen molar-refractivity contribution in [3.63, 3.8) is 0 Å². The molecule has 0 aliphatic carbocycles. The number of hydrogen-bond acceptors (Lipinski definition) is 6. The van der Waals surface area contributed by atoms with E-state index >= 15 is 0 Å². The number of nitrogens with zero attached hydrogens (tertiary/aromatic N) is 6. The molecule has 1 saturated heterocycles. The first-order valence-corrected chi connectivity index (χ1v) is 8.99. The quantitative estimate of drug-likeness (QED) is 0.824. The Balaban J connectivity index is 1.75. The van der Waals surface area contributed by atoms with Gasteiger partial charge in [-0.2, -0.15) is 5.10 Å². The summed E-state index contributed by atoms with van der Waals surface area (Å²) in [6.07, 6.45) is 5.15. The zero-order chi connectivity index (χ0) is 18.7. The van der Waals surface area contributed by atoms with E-state index in [0.717, 1.165) is 25.3 Å². The van der Waals surface area contributed by atoms with Gasteiger partial charge in [-0.3, -0.25) is 9.48 Å². The molecule has 2 atom stereocenters. The molecular weight excluding hydrogens is 330 g/mol. The standard InChI is InChI=1S/C18H27N7O/c1-5-25-13(2)15(9-21-25)17(26)22-16-12-24(11-14(16)10-23(3)4)18-19-7-6-8-20-18/h6-9,14,16H,5,10-12H2,1-4H3,(H,22,26)/t14-,16-/m1/s1. The van der Waals surface area contributed by atoms with Gasteiger partial charge in [0.2, 0.25) is 5.95 Å². The SMILES string of the molecule is CCn1ncc(C(=O)N[C@@H]2CN(c3ncccn3)C[C@H]2CN(C)C)c1C. The Labute approximate surface area is 154 Å². The van der Waals surface area contributed by atoms with Crippen LogP contribution in [0.2, 0.25) is 0 Å². The highest BCUT2D eigenvalue weighted by Gasteiger charge is 2.35. The molecule has 0 spiro atoms. The van der Waals surface area contributed by atoms with Crippen molar-refractivity contribution in [3.8, 4) is 0 Å². The van der Waals surface area contributed by atoms with E-state index in [1.165, 1.54) is 0 Å². The molecule has 1 aliphatic rings. The summed E-state index contributed by atoms with van der Waals surface area (Å²) < 4.78 is 1.84. The van der Waals surface area contributed by atoms with Crippen LogP contribution in [-0.4, -0.2) is 70.3 Å². The van der Waals surface area contributed by atoms with Crippen molar-refractivity contribution in [2.75, 3.05) is 38.6 Å². The van der Waals surface area contributed by atoms with Gasteiger partial charge in [0.05, 0.1) is 17.8 Å². The lowest BCUT2D eigenvalue weighted by Crippen LogP contribution is -2.43. The van der Waals surface area contributed by atoms with Gasteiger partial charge in [-0.25, -0.2) is 9.97 Å². The molecule has 8 nitrogen and oxygen atoms in total. The minimum absolute atomic E-state index is 0.0399.